The number of anilines is 1. The number of nitrogens with one attached hydrogen (secondary N) is 1. The van der Waals surface area contributed by atoms with Crippen molar-refractivity contribution in [2.45, 2.75) is 90.4 Å². The first-order valence-electron chi connectivity index (χ1n) is 14.3. The largest absolute Gasteiger partial charge is 0.489 e. The van der Waals surface area contributed by atoms with Gasteiger partial charge in [0.15, 0.2) is 0 Å². The minimum Gasteiger partial charge on any atom is -0.489 e. The van der Waals surface area contributed by atoms with Crippen LogP contribution >= 0.6 is 11.8 Å². The first kappa shape index (κ1) is 29.7. The molecule has 0 aliphatic carbocycles. The van der Waals surface area contributed by atoms with E-state index >= 15 is 0 Å². The third-order valence-corrected chi connectivity index (χ3v) is 7.86. The number of benzene rings is 2. The number of carbonyl (C=O) groups is 1. The lowest BCUT2D eigenvalue weighted by Gasteiger charge is -2.28. The second-order valence-corrected chi connectivity index (χ2v) is 12.3. The summed E-state index contributed by atoms with van der Waals surface area (Å²) in [7, 11) is 0. The van der Waals surface area contributed by atoms with Crippen molar-refractivity contribution in [3.63, 3.8) is 0 Å². The summed E-state index contributed by atoms with van der Waals surface area (Å²) in [6.45, 7) is 13.7. The van der Waals surface area contributed by atoms with E-state index in [1.807, 2.05) is 35.9 Å². The van der Waals surface area contributed by atoms with E-state index in [2.05, 4.69) is 64.2 Å². The molecule has 0 saturated heterocycles. The van der Waals surface area contributed by atoms with Crippen LogP contribution in [0.25, 0.3) is 0 Å². The summed E-state index contributed by atoms with van der Waals surface area (Å²) < 4.78 is 13.6. The van der Waals surface area contributed by atoms with Crippen molar-refractivity contribution in [3.8, 4) is 5.75 Å². The molecule has 214 valence electrons. The fraction of sp³-hybridized carbons (Fsp3) is 0.469. The van der Waals surface area contributed by atoms with Gasteiger partial charge < -0.3 is 14.8 Å². The number of thioether (sulfide) groups is 1. The Hall–Kier alpha value is -3.26. The molecule has 1 N–H and O–H groups in total. The maximum Gasteiger partial charge on any atom is 0.338 e. The molecule has 1 atom stereocenters. The van der Waals surface area contributed by atoms with Gasteiger partial charge in [-0.2, -0.15) is 4.98 Å². The van der Waals surface area contributed by atoms with Gasteiger partial charge in [-0.15, -0.1) is 5.10 Å². The highest BCUT2D eigenvalue weighted by molar-refractivity contribution is 7.99. The predicted molar refractivity (Wildman–Crippen MR) is 162 cm³/mol. The summed E-state index contributed by atoms with van der Waals surface area (Å²) in [5.41, 5.74) is 4.74. The number of nitrogens with zero attached hydrogens (tertiary/aromatic N) is 3. The highest BCUT2D eigenvalue weighted by Gasteiger charge is 2.35. The van der Waals surface area contributed by atoms with Crippen molar-refractivity contribution in [1.29, 1.82) is 0 Å². The summed E-state index contributed by atoms with van der Waals surface area (Å²) in [6.07, 6.45) is 4.00. The number of fused-ring (bicyclic) bond motifs is 1. The molecule has 0 fully saturated rings. The molecule has 4 rings (SSSR count). The molecule has 0 radical (unpaired) electrons. The fourth-order valence-electron chi connectivity index (χ4n) is 4.47. The van der Waals surface area contributed by atoms with Crippen LogP contribution < -0.4 is 10.1 Å². The van der Waals surface area contributed by atoms with Crippen molar-refractivity contribution in [3.05, 3.63) is 76.5 Å². The molecule has 3 aromatic rings. The lowest BCUT2D eigenvalue weighted by Crippen LogP contribution is -2.29. The Morgan fingerprint density at radius 1 is 1.02 bits per heavy atom. The monoisotopic (exact) mass is 562 g/mol. The minimum absolute atomic E-state index is 0.122. The quantitative estimate of drug-likeness (QED) is 0.138. The maximum atomic E-state index is 13.3. The molecule has 1 unspecified atom stereocenters. The van der Waals surface area contributed by atoms with Crippen molar-refractivity contribution < 1.29 is 14.3 Å². The molecule has 2 aromatic carbocycles. The van der Waals surface area contributed by atoms with E-state index in [4.69, 9.17) is 19.6 Å². The Balaban J connectivity index is 1.55. The molecule has 40 heavy (non-hydrogen) atoms. The van der Waals surface area contributed by atoms with E-state index < -0.39 is 6.04 Å². The molecule has 1 aliphatic rings. The van der Waals surface area contributed by atoms with E-state index in [1.54, 1.807) is 11.8 Å². The molecule has 8 heteroatoms. The van der Waals surface area contributed by atoms with Gasteiger partial charge in [0.2, 0.25) is 11.1 Å². The van der Waals surface area contributed by atoms with Gasteiger partial charge in [-0.05, 0) is 54.0 Å². The van der Waals surface area contributed by atoms with Gasteiger partial charge in [0, 0.05) is 11.4 Å². The second kappa shape index (κ2) is 13.4. The molecular formula is C32H42N4O3S. The zero-order valence-corrected chi connectivity index (χ0v) is 25.4. The summed E-state index contributed by atoms with van der Waals surface area (Å²) in [5.74, 6) is 2.02. The third-order valence-electron chi connectivity index (χ3n) is 6.93. The van der Waals surface area contributed by atoms with Gasteiger partial charge >= 0.3 is 5.97 Å². The van der Waals surface area contributed by atoms with Crippen LogP contribution in [0.3, 0.4) is 0 Å². The van der Waals surface area contributed by atoms with Gasteiger partial charge in [-0.1, -0.05) is 95.6 Å². The van der Waals surface area contributed by atoms with Crippen LogP contribution in [0.5, 0.6) is 5.75 Å². The van der Waals surface area contributed by atoms with E-state index in [0.29, 0.717) is 29.9 Å². The lowest BCUT2D eigenvalue weighted by atomic mass is 9.87. The summed E-state index contributed by atoms with van der Waals surface area (Å²) >= 11 is 1.63. The number of aromatic nitrogens is 3. The average molecular weight is 563 g/mol. The number of allylic oxidation sites excluding steroid dienone is 1. The number of unbranched alkanes of at least 4 members (excludes halogenated alkanes) is 2. The number of hydrogen-bond acceptors (Lipinski definition) is 7. The Morgan fingerprint density at radius 3 is 2.38 bits per heavy atom. The molecule has 0 spiro atoms. The van der Waals surface area contributed by atoms with E-state index in [9.17, 15) is 4.79 Å². The molecule has 7 nitrogen and oxygen atoms in total. The first-order chi connectivity index (χ1) is 19.2. The maximum absolute atomic E-state index is 13.3. The third kappa shape index (κ3) is 7.27. The number of ether oxygens (including phenoxy) is 2. The van der Waals surface area contributed by atoms with Crippen LogP contribution in [-0.4, -0.2) is 33.1 Å². The predicted octanol–water partition coefficient (Wildman–Crippen LogP) is 7.68. The van der Waals surface area contributed by atoms with Crippen molar-refractivity contribution in [1.82, 2.24) is 14.8 Å². The molecule has 0 saturated carbocycles. The van der Waals surface area contributed by atoms with E-state index in [-0.39, 0.29) is 11.4 Å². The lowest BCUT2D eigenvalue weighted by molar-refractivity contribution is -0.139. The van der Waals surface area contributed by atoms with Gasteiger partial charge in [-0.25, -0.2) is 9.48 Å². The number of hydrogen-bond donors (Lipinski definition) is 1. The Bertz CT molecular complexity index is 1310. The number of rotatable bonds is 12. The Kier molecular flexibility index (Phi) is 9.95. The van der Waals surface area contributed by atoms with Crippen LogP contribution in [0.1, 0.15) is 90.0 Å². The van der Waals surface area contributed by atoms with Crippen LogP contribution in [-0.2, 0) is 21.6 Å². The second-order valence-electron chi connectivity index (χ2n) is 11.2. The number of carbonyl (C=O) groups excluding carboxylic acids is 1. The van der Waals surface area contributed by atoms with Crippen LogP contribution in [0, 0.1) is 0 Å². The fourth-order valence-corrected chi connectivity index (χ4v) is 5.39. The topological polar surface area (TPSA) is 78.3 Å². The zero-order valence-electron chi connectivity index (χ0n) is 24.6. The summed E-state index contributed by atoms with van der Waals surface area (Å²) in [6, 6.07) is 16.0. The van der Waals surface area contributed by atoms with Crippen molar-refractivity contribution in [2.75, 3.05) is 17.7 Å². The molecule has 1 aromatic heterocycles. The van der Waals surface area contributed by atoms with Crippen LogP contribution in [0.4, 0.5) is 5.95 Å². The van der Waals surface area contributed by atoms with Gasteiger partial charge in [-0.3, -0.25) is 0 Å². The van der Waals surface area contributed by atoms with Crippen molar-refractivity contribution >= 4 is 23.7 Å². The summed E-state index contributed by atoms with van der Waals surface area (Å²) in [4.78, 5) is 18.0. The molecule has 0 amide bonds. The van der Waals surface area contributed by atoms with Gasteiger partial charge in [0.25, 0.3) is 0 Å². The SMILES string of the molecule is CCCCOC(=O)C1=C(C)Nc2nc(SCCCC)nn2C1c1ccc(OCc2ccc(C(C)(C)C)cc2)cc1. The molecule has 2 heterocycles. The molecule has 0 bridgehead atoms. The molecular weight excluding hydrogens is 520 g/mol. The first-order valence-corrected chi connectivity index (χ1v) is 15.3. The molecule has 1 aliphatic heterocycles. The standard InChI is InChI=1S/C32H42N4O3S/c1-7-9-19-38-29(37)27-22(3)33-30-34-31(40-20-10-8-2)35-36(30)28(27)24-13-17-26(18-14-24)39-21-23-11-15-25(16-12-23)32(4,5)6/h11-18,28H,7-10,19-21H2,1-6H3,(H,33,34,35). The van der Waals surface area contributed by atoms with Gasteiger partial charge in [0.05, 0.1) is 12.2 Å². The average Bonchev–Trinajstić information content (AvgIpc) is 3.33. The highest BCUT2D eigenvalue weighted by atomic mass is 32.2. The minimum atomic E-state index is -0.447. The Labute approximate surface area is 242 Å². The smallest absolute Gasteiger partial charge is 0.338 e. The van der Waals surface area contributed by atoms with Gasteiger partial charge in [0.1, 0.15) is 18.4 Å². The van der Waals surface area contributed by atoms with Crippen LogP contribution in [0.2, 0.25) is 0 Å². The highest BCUT2D eigenvalue weighted by Crippen LogP contribution is 2.37. The summed E-state index contributed by atoms with van der Waals surface area (Å²) in [5, 5.41) is 8.79. The van der Waals surface area contributed by atoms with Crippen LogP contribution in [0.15, 0.2) is 65.0 Å². The van der Waals surface area contributed by atoms with Crippen molar-refractivity contribution in [2.24, 2.45) is 0 Å². The Morgan fingerprint density at radius 2 is 1.73 bits per heavy atom. The normalized spacial score (nSPS) is 15.0. The zero-order chi connectivity index (χ0) is 28.7. The van der Waals surface area contributed by atoms with E-state index in [1.165, 1.54) is 5.56 Å². The number of esters is 1. The van der Waals surface area contributed by atoms with E-state index in [0.717, 1.165) is 54.0 Å².